The maximum absolute atomic E-state index is 13.4. The van der Waals surface area contributed by atoms with E-state index in [1.807, 2.05) is 0 Å². The predicted molar refractivity (Wildman–Crippen MR) is 52.4 cm³/mol. The minimum Gasteiger partial charge on any atom is -0.244 e. The number of halogens is 3. The van der Waals surface area contributed by atoms with Crippen molar-refractivity contribution in [1.29, 1.82) is 0 Å². The smallest absolute Gasteiger partial charge is 0.140 e. The highest BCUT2D eigenvalue weighted by Gasteiger charge is 2.10. The zero-order valence-electron chi connectivity index (χ0n) is 7.42. The van der Waals surface area contributed by atoms with Gasteiger partial charge in [-0.15, -0.1) is 0 Å². The van der Waals surface area contributed by atoms with E-state index >= 15 is 0 Å². The molecule has 0 fully saturated rings. The van der Waals surface area contributed by atoms with Gasteiger partial charge in [0.1, 0.15) is 23.1 Å². The number of benzene rings is 1. The largest absolute Gasteiger partial charge is 0.244 e. The van der Waals surface area contributed by atoms with E-state index in [1.165, 1.54) is 12.5 Å². The fourth-order valence-electron chi connectivity index (χ4n) is 1.20. The van der Waals surface area contributed by atoms with Crippen LogP contribution in [0, 0.1) is 11.6 Å². The van der Waals surface area contributed by atoms with Crippen molar-refractivity contribution in [1.82, 2.24) is 9.97 Å². The first kappa shape index (κ1) is 9.98. The average molecular weight is 227 g/mol. The molecule has 5 heteroatoms. The Morgan fingerprint density at radius 3 is 2.67 bits per heavy atom. The highest BCUT2D eigenvalue weighted by molar-refractivity contribution is 6.32. The molecule has 0 saturated heterocycles. The number of hydrogen-bond donors (Lipinski definition) is 0. The third-order valence-electron chi connectivity index (χ3n) is 1.88. The Morgan fingerprint density at radius 2 is 1.93 bits per heavy atom. The molecule has 1 heterocycles. The van der Waals surface area contributed by atoms with Crippen LogP contribution in [0.3, 0.4) is 0 Å². The van der Waals surface area contributed by atoms with Crippen molar-refractivity contribution in [2.75, 3.05) is 0 Å². The molecule has 2 rings (SSSR count). The highest BCUT2D eigenvalue weighted by atomic mass is 35.5. The van der Waals surface area contributed by atoms with Gasteiger partial charge in [-0.05, 0) is 18.2 Å². The van der Waals surface area contributed by atoms with Crippen LogP contribution < -0.4 is 0 Å². The molecule has 2 nitrogen and oxygen atoms in total. The van der Waals surface area contributed by atoms with Gasteiger partial charge in [0, 0.05) is 17.3 Å². The van der Waals surface area contributed by atoms with Crippen LogP contribution in [0.15, 0.2) is 30.7 Å². The van der Waals surface area contributed by atoms with Crippen molar-refractivity contribution in [3.63, 3.8) is 0 Å². The molecule has 0 bridgehead atoms. The minimum atomic E-state index is -0.562. The van der Waals surface area contributed by atoms with Gasteiger partial charge in [0.2, 0.25) is 0 Å². The Labute approximate surface area is 89.6 Å². The van der Waals surface area contributed by atoms with Gasteiger partial charge < -0.3 is 0 Å². The lowest BCUT2D eigenvalue weighted by atomic mass is 10.1. The zero-order valence-corrected chi connectivity index (χ0v) is 8.17. The van der Waals surface area contributed by atoms with Crippen LogP contribution in [0.5, 0.6) is 0 Å². The third kappa shape index (κ3) is 1.94. The molecule has 2 aromatic rings. The van der Waals surface area contributed by atoms with Crippen LogP contribution in [0.1, 0.15) is 0 Å². The van der Waals surface area contributed by atoms with Gasteiger partial charge in [0.25, 0.3) is 0 Å². The lowest BCUT2D eigenvalue weighted by molar-refractivity contribution is 0.603. The average Bonchev–Trinajstić information content (AvgIpc) is 2.23. The van der Waals surface area contributed by atoms with Crippen molar-refractivity contribution < 1.29 is 8.78 Å². The van der Waals surface area contributed by atoms with E-state index in [0.29, 0.717) is 0 Å². The maximum atomic E-state index is 13.4. The topological polar surface area (TPSA) is 25.8 Å². The van der Waals surface area contributed by atoms with Crippen LogP contribution in [-0.4, -0.2) is 9.97 Å². The number of hydrogen-bond acceptors (Lipinski definition) is 2. The van der Waals surface area contributed by atoms with Crippen LogP contribution in [-0.2, 0) is 0 Å². The second-order valence-corrected chi connectivity index (χ2v) is 3.21. The van der Waals surface area contributed by atoms with Crippen molar-refractivity contribution >= 4 is 11.6 Å². The predicted octanol–water partition coefficient (Wildman–Crippen LogP) is 3.08. The SMILES string of the molecule is Fc1ccc(F)c(-c2cncnc2Cl)c1. The van der Waals surface area contributed by atoms with Crippen LogP contribution >= 0.6 is 11.6 Å². The molecule has 0 radical (unpaired) electrons. The van der Waals surface area contributed by atoms with Crippen molar-refractivity contribution in [3.8, 4) is 11.1 Å². The molecule has 0 N–H and O–H groups in total. The summed E-state index contributed by atoms with van der Waals surface area (Å²) in [5.74, 6) is -1.10. The van der Waals surface area contributed by atoms with E-state index in [2.05, 4.69) is 9.97 Å². The molecule has 0 aliphatic carbocycles. The maximum Gasteiger partial charge on any atom is 0.140 e. The van der Waals surface area contributed by atoms with Gasteiger partial charge in [-0.25, -0.2) is 18.7 Å². The molecule has 1 aromatic carbocycles. The summed E-state index contributed by atoms with van der Waals surface area (Å²) < 4.78 is 26.3. The van der Waals surface area contributed by atoms with E-state index in [-0.39, 0.29) is 16.3 Å². The first-order valence-corrected chi connectivity index (χ1v) is 4.47. The summed E-state index contributed by atoms with van der Waals surface area (Å²) in [6.45, 7) is 0. The molecule has 0 aliphatic rings. The van der Waals surface area contributed by atoms with Crippen LogP contribution in [0.2, 0.25) is 5.15 Å². The van der Waals surface area contributed by atoms with E-state index in [0.717, 1.165) is 18.2 Å². The summed E-state index contributed by atoms with van der Waals surface area (Å²) in [4.78, 5) is 7.40. The second-order valence-electron chi connectivity index (χ2n) is 2.85. The summed E-state index contributed by atoms with van der Waals surface area (Å²) in [5.41, 5.74) is 0.330. The summed E-state index contributed by atoms with van der Waals surface area (Å²) in [5, 5.41) is 0.0921. The fraction of sp³-hybridized carbons (Fsp3) is 0. The summed E-state index contributed by atoms with van der Waals surface area (Å²) in [6.07, 6.45) is 2.58. The Kier molecular flexibility index (Phi) is 2.60. The molecule has 0 atom stereocenters. The minimum absolute atomic E-state index is 0.0561. The Balaban J connectivity index is 2.64. The summed E-state index contributed by atoms with van der Waals surface area (Å²) in [7, 11) is 0. The number of nitrogens with zero attached hydrogens (tertiary/aromatic N) is 2. The molecule has 0 saturated carbocycles. The van der Waals surface area contributed by atoms with Crippen molar-refractivity contribution in [2.45, 2.75) is 0 Å². The molecule has 1 aromatic heterocycles. The quantitative estimate of drug-likeness (QED) is 0.699. The van der Waals surface area contributed by atoms with Gasteiger partial charge in [0.05, 0.1) is 0 Å². The molecular weight excluding hydrogens is 222 g/mol. The normalized spacial score (nSPS) is 10.3. The first-order chi connectivity index (χ1) is 7.18. The first-order valence-electron chi connectivity index (χ1n) is 4.09. The van der Waals surface area contributed by atoms with E-state index in [9.17, 15) is 8.78 Å². The monoisotopic (exact) mass is 226 g/mol. The molecule has 0 spiro atoms. The molecule has 0 amide bonds. The lowest BCUT2D eigenvalue weighted by Crippen LogP contribution is -1.90. The summed E-state index contributed by atoms with van der Waals surface area (Å²) >= 11 is 5.74. The molecule has 0 aliphatic heterocycles. The Bertz CT molecular complexity index is 503. The van der Waals surface area contributed by atoms with Crippen molar-refractivity contribution in [2.24, 2.45) is 0 Å². The molecule has 0 unspecified atom stereocenters. The fourth-order valence-corrected chi connectivity index (χ4v) is 1.39. The number of aromatic nitrogens is 2. The standard InChI is InChI=1S/C10H5ClF2N2/c11-10-8(4-14-5-15-10)7-3-6(12)1-2-9(7)13/h1-5H. The third-order valence-corrected chi connectivity index (χ3v) is 2.18. The van der Waals surface area contributed by atoms with E-state index < -0.39 is 11.6 Å². The van der Waals surface area contributed by atoms with E-state index in [4.69, 9.17) is 11.6 Å². The lowest BCUT2D eigenvalue weighted by Gasteiger charge is -2.03. The molecular formula is C10H5ClF2N2. The molecule has 15 heavy (non-hydrogen) atoms. The van der Waals surface area contributed by atoms with E-state index in [1.54, 1.807) is 0 Å². The van der Waals surface area contributed by atoms with Crippen LogP contribution in [0.4, 0.5) is 8.78 Å². The van der Waals surface area contributed by atoms with Crippen LogP contribution in [0.25, 0.3) is 11.1 Å². The van der Waals surface area contributed by atoms with Gasteiger partial charge in [-0.3, -0.25) is 0 Å². The van der Waals surface area contributed by atoms with Gasteiger partial charge in [-0.2, -0.15) is 0 Å². The Morgan fingerprint density at radius 1 is 1.13 bits per heavy atom. The highest BCUT2D eigenvalue weighted by Crippen LogP contribution is 2.27. The van der Waals surface area contributed by atoms with Gasteiger partial charge in [0.15, 0.2) is 0 Å². The Hall–Kier alpha value is -1.55. The van der Waals surface area contributed by atoms with Gasteiger partial charge >= 0.3 is 0 Å². The zero-order chi connectivity index (χ0) is 10.8. The number of rotatable bonds is 1. The summed E-state index contributed by atoms with van der Waals surface area (Å²) in [6, 6.07) is 3.13. The molecule has 76 valence electrons. The van der Waals surface area contributed by atoms with Crippen molar-refractivity contribution in [3.05, 3.63) is 47.5 Å². The van der Waals surface area contributed by atoms with Gasteiger partial charge in [-0.1, -0.05) is 11.6 Å². The second kappa shape index (κ2) is 3.90.